The van der Waals surface area contributed by atoms with Gasteiger partial charge in [-0.3, -0.25) is 4.79 Å². The molecule has 92 valence electrons. The van der Waals surface area contributed by atoms with E-state index in [2.05, 4.69) is 5.32 Å². The molecule has 17 heavy (non-hydrogen) atoms. The number of amides is 2. The Kier molecular flexibility index (Phi) is 3.54. The fourth-order valence-electron chi connectivity index (χ4n) is 1.52. The Morgan fingerprint density at radius 2 is 2.24 bits per heavy atom. The van der Waals surface area contributed by atoms with Crippen LogP contribution in [0.5, 0.6) is 0 Å². The number of carboxylic acids is 1. The van der Waals surface area contributed by atoms with E-state index < -0.39 is 11.9 Å². The van der Waals surface area contributed by atoms with Crippen LogP contribution in [-0.4, -0.2) is 35.1 Å². The zero-order chi connectivity index (χ0) is 12.4. The molecule has 2 heterocycles. The number of nitrogens with zero attached hydrogens (tertiary/aromatic N) is 1. The van der Waals surface area contributed by atoms with Gasteiger partial charge in [0.1, 0.15) is 0 Å². The van der Waals surface area contributed by atoms with Gasteiger partial charge in [0.25, 0.3) is 0 Å². The summed E-state index contributed by atoms with van der Waals surface area (Å²) in [5, 5.41) is 11.4. The van der Waals surface area contributed by atoms with Crippen molar-refractivity contribution in [1.29, 1.82) is 0 Å². The van der Waals surface area contributed by atoms with E-state index in [1.807, 2.05) is 6.07 Å². The van der Waals surface area contributed by atoms with E-state index in [0.717, 1.165) is 4.88 Å². The first-order chi connectivity index (χ1) is 8.06. The smallest absolute Gasteiger partial charge is 0.317 e. The van der Waals surface area contributed by atoms with Gasteiger partial charge in [-0.2, -0.15) is 0 Å². The summed E-state index contributed by atoms with van der Waals surface area (Å²) >= 11 is 7.17. The lowest BCUT2D eigenvalue weighted by Gasteiger charge is -2.36. The summed E-state index contributed by atoms with van der Waals surface area (Å²) in [6, 6.07) is 3.40. The predicted molar refractivity (Wildman–Crippen MR) is 64.3 cm³/mol. The second-order valence-corrected chi connectivity index (χ2v) is 5.60. The van der Waals surface area contributed by atoms with Crippen molar-refractivity contribution in [2.75, 3.05) is 13.1 Å². The molecule has 1 fully saturated rings. The summed E-state index contributed by atoms with van der Waals surface area (Å²) in [4.78, 5) is 24.6. The topological polar surface area (TPSA) is 69.6 Å². The molecule has 2 amide bonds. The van der Waals surface area contributed by atoms with E-state index in [0.29, 0.717) is 10.9 Å². The molecule has 0 aromatic carbocycles. The predicted octanol–water partition coefficient (Wildman–Crippen LogP) is 1.63. The van der Waals surface area contributed by atoms with Crippen molar-refractivity contribution in [1.82, 2.24) is 10.2 Å². The molecule has 7 heteroatoms. The molecule has 1 aliphatic rings. The quantitative estimate of drug-likeness (QED) is 0.880. The first kappa shape index (κ1) is 12.2. The van der Waals surface area contributed by atoms with Crippen molar-refractivity contribution in [3.05, 3.63) is 21.3 Å². The van der Waals surface area contributed by atoms with Gasteiger partial charge < -0.3 is 15.3 Å². The summed E-state index contributed by atoms with van der Waals surface area (Å²) < 4.78 is 0.684. The van der Waals surface area contributed by atoms with E-state index in [1.54, 1.807) is 6.07 Å². The lowest BCUT2D eigenvalue weighted by Crippen LogP contribution is -2.55. The molecular weight excluding hydrogens is 264 g/mol. The molecular formula is C10H11ClN2O3S. The zero-order valence-electron chi connectivity index (χ0n) is 8.85. The van der Waals surface area contributed by atoms with Gasteiger partial charge in [0.2, 0.25) is 0 Å². The molecule has 0 spiro atoms. The van der Waals surface area contributed by atoms with Crippen LogP contribution in [0.15, 0.2) is 12.1 Å². The number of rotatable bonds is 3. The largest absolute Gasteiger partial charge is 0.481 e. The van der Waals surface area contributed by atoms with Crippen LogP contribution in [0.1, 0.15) is 4.88 Å². The van der Waals surface area contributed by atoms with E-state index >= 15 is 0 Å². The number of halogens is 1. The van der Waals surface area contributed by atoms with Crippen LogP contribution >= 0.6 is 22.9 Å². The Labute approximate surface area is 107 Å². The summed E-state index contributed by atoms with van der Waals surface area (Å²) in [6.07, 6.45) is 0. The normalized spacial score (nSPS) is 15.5. The lowest BCUT2D eigenvalue weighted by atomic mass is 10.0. The third-order valence-electron chi connectivity index (χ3n) is 2.56. The SMILES string of the molecule is O=C(O)C1CN(C(=O)NCc2ccc(Cl)s2)C1. The molecule has 0 aliphatic carbocycles. The fraction of sp³-hybridized carbons (Fsp3) is 0.400. The average Bonchev–Trinajstić information content (AvgIpc) is 2.58. The highest BCUT2D eigenvalue weighted by atomic mass is 35.5. The fourth-order valence-corrected chi connectivity index (χ4v) is 2.55. The third kappa shape index (κ3) is 2.89. The minimum Gasteiger partial charge on any atom is -0.481 e. The molecule has 0 radical (unpaired) electrons. The Morgan fingerprint density at radius 1 is 1.53 bits per heavy atom. The maximum atomic E-state index is 11.6. The van der Waals surface area contributed by atoms with Crippen molar-refractivity contribution < 1.29 is 14.7 Å². The average molecular weight is 275 g/mol. The van der Waals surface area contributed by atoms with Crippen LogP contribution in [0.25, 0.3) is 0 Å². The maximum absolute atomic E-state index is 11.6. The molecule has 1 aromatic heterocycles. The van der Waals surface area contributed by atoms with E-state index in [9.17, 15) is 9.59 Å². The van der Waals surface area contributed by atoms with E-state index in [1.165, 1.54) is 16.2 Å². The number of carbonyl (C=O) groups excluding carboxylic acids is 1. The number of nitrogens with one attached hydrogen (secondary N) is 1. The molecule has 0 atom stereocenters. The van der Waals surface area contributed by atoms with Crippen LogP contribution in [0, 0.1) is 5.92 Å². The summed E-state index contributed by atoms with van der Waals surface area (Å²) in [5.41, 5.74) is 0. The molecule has 2 rings (SSSR count). The van der Waals surface area contributed by atoms with Crippen LogP contribution in [0.3, 0.4) is 0 Å². The highest BCUT2D eigenvalue weighted by molar-refractivity contribution is 7.16. The van der Waals surface area contributed by atoms with Crippen molar-refractivity contribution in [3.63, 3.8) is 0 Å². The zero-order valence-corrected chi connectivity index (χ0v) is 10.4. The minimum absolute atomic E-state index is 0.230. The van der Waals surface area contributed by atoms with Gasteiger partial charge in [-0.25, -0.2) is 4.79 Å². The number of carboxylic acid groups (broad SMARTS) is 1. The van der Waals surface area contributed by atoms with Gasteiger partial charge in [0, 0.05) is 18.0 Å². The molecule has 0 unspecified atom stereocenters. The highest BCUT2D eigenvalue weighted by Gasteiger charge is 2.35. The van der Waals surface area contributed by atoms with E-state index in [4.69, 9.17) is 16.7 Å². The molecule has 5 nitrogen and oxygen atoms in total. The Morgan fingerprint density at radius 3 is 2.76 bits per heavy atom. The van der Waals surface area contributed by atoms with Crippen molar-refractivity contribution >= 4 is 34.9 Å². The molecule has 1 saturated heterocycles. The van der Waals surface area contributed by atoms with Gasteiger partial charge in [0.15, 0.2) is 0 Å². The Balaban J connectivity index is 1.74. The Bertz CT molecular complexity index is 443. The van der Waals surface area contributed by atoms with Gasteiger partial charge in [-0.15, -0.1) is 11.3 Å². The van der Waals surface area contributed by atoms with Crippen LogP contribution < -0.4 is 5.32 Å². The second-order valence-electron chi connectivity index (χ2n) is 3.80. The van der Waals surface area contributed by atoms with E-state index in [-0.39, 0.29) is 19.1 Å². The van der Waals surface area contributed by atoms with Crippen molar-refractivity contribution in [2.45, 2.75) is 6.54 Å². The summed E-state index contributed by atoms with van der Waals surface area (Å²) in [5.74, 6) is -1.27. The van der Waals surface area contributed by atoms with Crippen LogP contribution in [0.2, 0.25) is 4.34 Å². The van der Waals surface area contributed by atoms with Gasteiger partial charge in [0.05, 0.1) is 16.8 Å². The first-order valence-electron chi connectivity index (χ1n) is 5.06. The monoisotopic (exact) mass is 274 g/mol. The Hall–Kier alpha value is -1.27. The highest BCUT2D eigenvalue weighted by Crippen LogP contribution is 2.21. The van der Waals surface area contributed by atoms with Crippen LogP contribution in [0.4, 0.5) is 4.79 Å². The molecule has 1 aromatic rings. The summed E-state index contributed by atoms with van der Waals surface area (Å²) in [6.45, 7) is 0.989. The minimum atomic E-state index is -0.848. The number of thiophene rings is 1. The molecule has 0 bridgehead atoms. The summed E-state index contributed by atoms with van der Waals surface area (Å²) in [7, 11) is 0. The standard InChI is InChI=1S/C10H11ClN2O3S/c11-8-2-1-7(17-8)3-12-10(16)13-4-6(5-13)9(14)15/h1-2,6H,3-5H2,(H,12,16)(H,14,15). The van der Waals surface area contributed by atoms with Crippen LogP contribution in [-0.2, 0) is 11.3 Å². The lowest BCUT2D eigenvalue weighted by molar-refractivity contribution is -0.146. The number of carbonyl (C=O) groups is 2. The van der Waals surface area contributed by atoms with Gasteiger partial charge in [-0.05, 0) is 12.1 Å². The van der Waals surface area contributed by atoms with Crippen molar-refractivity contribution in [3.8, 4) is 0 Å². The number of likely N-dealkylation sites (tertiary alicyclic amines) is 1. The molecule has 0 saturated carbocycles. The van der Waals surface area contributed by atoms with Gasteiger partial charge in [-0.1, -0.05) is 11.6 Å². The molecule has 2 N–H and O–H groups in total. The van der Waals surface area contributed by atoms with Crippen molar-refractivity contribution in [2.24, 2.45) is 5.92 Å². The number of hydrogen-bond donors (Lipinski definition) is 2. The molecule has 1 aliphatic heterocycles. The third-order valence-corrected chi connectivity index (χ3v) is 3.79. The van der Waals surface area contributed by atoms with Gasteiger partial charge >= 0.3 is 12.0 Å². The number of aliphatic carboxylic acids is 1. The second kappa shape index (κ2) is 4.93. The number of hydrogen-bond acceptors (Lipinski definition) is 3. The first-order valence-corrected chi connectivity index (χ1v) is 6.25. The maximum Gasteiger partial charge on any atom is 0.317 e. The number of urea groups is 1.